The monoisotopic (exact) mass is 374 g/mol. The van der Waals surface area contributed by atoms with Crippen LogP contribution >= 0.6 is 0 Å². The second-order valence-electron chi connectivity index (χ2n) is 7.16. The van der Waals surface area contributed by atoms with Crippen molar-refractivity contribution in [2.45, 2.75) is 51.4 Å². The molecule has 0 radical (unpaired) electrons. The van der Waals surface area contributed by atoms with Crippen LogP contribution in [0.25, 0.3) is 0 Å². The van der Waals surface area contributed by atoms with Crippen LogP contribution in [0.15, 0.2) is 42.5 Å². The lowest BCUT2D eigenvalue weighted by Gasteiger charge is -2.30. The van der Waals surface area contributed by atoms with Crippen LogP contribution in [-0.4, -0.2) is 0 Å². The maximum atomic E-state index is 13.6. The van der Waals surface area contributed by atoms with Gasteiger partial charge in [-0.25, -0.2) is 0 Å². The van der Waals surface area contributed by atoms with Crippen LogP contribution in [0.1, 0.15) is 61.4 Å². The Morgan fingerprint density at radius 1 is 0.654 bits per heavy atom. The number of halogens is 6. The Morgan fingerprint density at radius 2 is 1.15 bits per heavy atom. The fraction of sp³-hybridized carbons (Fsp3) is 0.400. The van der Waals surface area contributed by atoms with Crippen molar-refractivity contribution in [3.05, 3.63) is 70.3 Å². The zero-order chi connectivity index (χ0) is 19.9. The van der Waals surface area contributed by atoms with Crippen molar-refractivity contribution in [3.63, 3.8) is 0 Å². The van der Waals surface area contributed by atoms with E-state index in [-0.39, 0.29) is 11.5 Å². The van der Waals surface area contributed by atoms with E-state index in [0.717, 1.165) is 18.2 Å². The van der Waals surface area contributed by atoms with Gasteiger partial charge in [-0.15, -0.1) is 0 Å². The Labute approximate surface area is 148 Å². The molecule has 2 rings (SSSR count). The normalized spacial score (nSPS) is 13.3. The average Bonchev–Trinajstić information content (AvgIpc) is 2.52. The van der Waals surface area contributed by atoms with Crippen molar-refractivity contribution >= 4 is 0 Å². The Morgan fingerprint density at radius 3 is 1.58 bits per heavy atom. The summed E-state index contributed by atoms with van der Waals surface area (Å²) in [6.07, 6.45) is -9.04. The number of alkyl halides is 6. The number of hydrogen-bond donors (Lipinski definition) is 0. The van der Waals surface area contributed by atoms with Crippen LogP contribution in [-0.2, 0) is 17.8 Å². The maximum absolute atomic E-state index is 13.6. The zero-order valence-electron chi connectivity index (χ0n) is 14.9. The molecule has 0 nitrogen and oxygen atoms in total. The molecule has 0 aliphatic rings. The second kappa shape index (κ2) is 6.63. The lowest BCUT2D eigenvalue weighted by atomic mass is 9.75. The van der Waals surface area contributed by atoms with E-state index in [1.807, 2.05) is 0 Å². The third-order valence-electron chi connectivity index (χ3n) is 4.62. The van der Waals surface area contributed by atoms with E-state index in [2.05, 4.69) is 0 Å². The molecule has 2 aromatic carbocycles. The number of benzene rings is 2. The van der Waals surface area contributed by atoms with Crippen LogP contribution in [0.4, 0.5) is 26.3 Å². The molecule has 142 valence electrons. The van der Waals surface area contributed by atoms with Gasteiger partial charge in [-0.05, 0) is 40.8 Å². The molecule has 0 amide bonds. The van der Waals surface area contributed by atoms with Crippen molar-refractivity contribution in [3.8, 4) is 0 Å². The van der Waals surface area contributed by atoms with E-state index in [1.54, 1.807) is 33.8 Å². The van der Waals surface area contributed by atoms with E-state index in [1.165, 1.54) is 18.2 Å². The van der Waals surface area contributed by atoms with Crippen molar-refractivity contribution in [2.75, 3.05) is 0 Å². The standard InChI is InChI=1S/C20H20F6/c1-12(2)13-5-10-16(17(11-13)20(24,25)26)18(3,4)14-6-8-15(9-7-14)19(21,22)23/h5-12H,1-4H3. The Balaban J connectivity index is 2.58. The van der Waals surface area contributed by atoms with Crippen LogP contribution in [0.5, 0.6) is 0 Å². The predicted octanol–water partition coefficient (Wildman–Crippen LogP) is 7.17. The van der Waals surface area contributed by atoms with E-state index in [0.29, 0.717) is 11.1 Å². The molecule has 6 heteroatoms. The summed E-state index contributed by atoms with van der Waals surface area (Å²) in [6, 6.07) is 8.46. The van der Waals surface area contributed by atoms with Gasteiger partial charge in [0.05, 0.1) is 11.1 Å². The summed E-state index contributed by atoms with van der Waals surface area (Å²) in [6.45, 7) is 6.76. The Kier molecular flexibility index (Phi) is 5.19. The molecule has 0 saturated heterocycles. The quantitative estimate of drug-likeness (QED) is 0.500. The summed E-state index contributed by atoms with van der Waals surface area (Å²) in [4.78, 5) is 0. The molecule has 26 heavy (non-hydrogen) atoms. The highest BCUT2D eigenvalue weighted by molar-refractivity contribution is 5.46. The molecular formula is C20H20F6. The topological polar surface area (TPSA) is 0 Å². The minimum absolute atomic E-state index is 0.0363. The van der Waals surface area contributed by atoms with E-state index < -0.39 is 28.9 Å². The van der Waals surface area contributed by atoms with Gasteiger partial charge in [-0.2, -0.15) is 26.3 Å². The van der Waals surface area contributed by atoms with Gasteiger partial charge in [-0.3, -0.25) is 0 Å². The van der Waals surface area contributed by atoms with Gasteiger partial charge in [0, 0.05) is 5.41 Å². The Bertz CT molecular complexity index is 764. The van der Waals surface area contributed by atoms with Gasteiger partial charge in [0.25, 0.3) is 0 Å². The van der Waals surface area contributed by atoms with Crippen molar-refractivity contribution in [2.24, 2.45) is 0 Å². The molecule has 0 fully saturated rings. The van der Waals surface area contributed by atoms with E-state index in [4.69, 9.17) is 0 Å². The third kappa shape index (κ3) is 4.05. The van der Waals surface area contributed by atoms with Gasteiger partial charge in [-0.1, -0.05) is 52.0 Å². The first kappa shape index (κ1) is 20.3. The third-order valence-corrected chi connectivity index (χ3v) is 4.62. The molecule has 0 atom stereocenters. The van der Waals surface area contributed by atoms with Gasteiger partial charge >= 0.3 is 12.4 Å². The average molecular weight is 374 g/mol. The minimum Gasteiger partial charge on any atom is -0.166 e. The molecule has 0 spiro atoms. The molecule has 0 aliphatic heterocycles. The van der Waals surface area contributed by atoms with Gasteiger partial charge < -0.3 is 0 Å². The summed E-state index contributed by atoms with van der Waals surface area (Å²) in [5.74, 6) is -0.0701. The van der Waals surface area contributed by atoms with E-state index in [9.17, 15) is 26.3 Å². The lowest BCUT2D eigenvalue weighted by Crippen LogP contribution is -2.24. The van der Waals surface area contributed by atoms with Gasteiger partial charge in [0.1, 0.15) is 0 Å². The minimum atomic E-state index is -4.55. The highest BCUT2D eigenvalue weighted by Crippen LogP contribution is 2.42. The van der Waals surface area contributed by atoms with Crippen LogP contribution in [0.2, 0.25) is 0 Å². The molecule has 0 aromatic heterocycles. The van der Waals surface area contributed by atoms with Crippen LogP contribution in [0.3, 0.4) is 0 Å². The molecule has 0 saturated carbocycles. The summed E-state index contributed by atoms with van der Waals surface area (Å²) in [5, 5.41) is 0. The van der Waals surface area contributed by atoms with Crippen LogP contribution in [0, 0.1) is 0 Å². The highest BCUT2D eigenvalue weighted by Gasteiger charge is 2.39. The molecule has 0 heterocycles. The predicted molar refractivity (Wildman–Crippen MR) is 89.1 cm³/mol. The number of hydrogen-bond acceptors (Lipinski definition) is 0. The molecular weight excluding hydrogens is 354 g/mol. The van der Waals surface area contributed by atoms with Crippen LogP contribution < -0.4 is 0 Å². The fourth-order valence-electron chi connectivity index (χ4n) is 2.93. The SMILES string of the molecule is CC(C)c1ccc(C(C)(C)c2ccc(C(F)(F)F)cc2)c(C(F)(F)F)c1. The molecule has 0 aliphatic carbocycles. The molecule has 2 aromatic rings. The Hall–Kier alpha value is -1.98. The lowest BCUT2D eigenvalue weighted by molar-refractivity contribution is -0.139. The second-order valence-corrected chi connectivity index (χ2v) is 7.16. The summed E-state index contributed by atoms with van der Waals surface area (Å²) < 4.78 is 79.0. The molecule has 0 N–H and O–H groups in total. The van der Waals surface area contributed by atoms with Crippen molar-refractivity contribution in [1.29, 1.82) is 0 Å². The fourth-order valence-corrected chi connectivity index (χ4v) is 2.93. The van der Waals surface area contributed by atoms with Gasteiger partial charge in [0.2, 0.25) is 0 Å². The summed E-state index contributed by atoms with van der Waals surface area (Å²) in [5.41, 5.74) is -1.71. The smallest absolute Gasteiger partial charge is 0.166 e. The largest absolute Gasteiger partial charge is 0.416 e. The highest BCUT2D eigenvalue weighted by atomic mass is 19.4. The first-order valence-electron chi connectivity index (χ1n) is 8.14. The summed E-state index contributed by atoms with van der Waals surface area (Å²) in [7, 11) is 0. The molecule has 0 bridgehead atoms. The van der Waals surface area contributed by atoms with Gasteiger partial charge in [0.15, 0.2) is 0 Å². The first-order chi connectivity index (χ1) is 11.7. The molecule has 0 unspecified atom stereocenters. The first-order valence-corrected chi connectivity index (χ1v) is 8.14. The number of rotatable bonds is 3. The van der Waals surface area contributed by atoms with Crippen molar-refractivity contribution in [1.82, 2.24) is 0 Å². The van der Waals surface area contributed by atoms with E-state index >= 15 is 0 Å². The zero-order valence-corrected chi connectivity index (χ0v) is 14.9. The van der Waals surface area contributed by atoms with Crippen molar-refractivity contribution < 1.29 is 26.3 Å². The maximum Gasteiger partial charge on any atom is 0.416 e. The summed E-state index contributed by atoms with van der Waals surface area (Å²) >= 11 is 0.